The van der Waals surface area contributed by atoms with Gasteiger partial charge in [0, 0.05) is 4.88 Å². The van der Waals surface area contributed by atoms with Crippen molar-refractivity contribution in [3.8, 4) is 0 Å². The van der Waals surface area contributed by atoms with Crippen molar-refractivity contribution in [2.24, 2.45) is 5.92 Å². The number of aryl methyl sites for hydroxylation is 2. The van der Waals surface area contributed by atoms with Crippen molar-refractivity contribution in [1.82, 2.24) is 9.55 Å². The summed E-state index contributed by atoms with van der Waals surface area (Å²) in [5.41, 5.74) is 1.05. The molecule has 0 fully saturated rings. The monoisotopic (exact) mass is 348 g/mol. The molecule has 2 heterocycles. The zero-order chi connectivity index (χ0) is 17.3. The molecule has 5 nitrogen and oxygen atoms in total. The van der Waals surface area contributed by atoms with Crippen molar-refractivity contribution < 1.29 is 9.53 Å². The van der Waals surface area contributed by atoms with Gasteiger partial charge in [-0.1, -0.05) is 20.8 Å². The molecule has 0 aliphatic heterocycles. The lowest BCUT2D eigenvalue weighted by Crippen LogP contribution is -2.31. The third kappa shape index (κ3) is 3.11. The Morgan fingerprint density at radius 1 is 1.38 bits per heavy atom. The van der Waals surface area contributed by atoms with Crippen LogP contribution in [0.5, 0.6) is 0 Å². The number of carbonyl (C=O) groups excluding carboxylic acids is 1. The maximum atomic E-state index is 13.0. The Hall–Kier alpha value is -1.69. The molecule has 3 rings (SSSR count). The molecule has 1 aliphatic carbocycles. The Balaban J connectivity index is 2.00. The first kappa shape index (κ1) is 17.1. The molecule has 1 aliphatic rings. The summed E-state index contributed by atoms with van der Waals surface area (Å²) in [6, 6.07) is -0.604. The van der Waals surface area contributed by atoms with Crippen LogP contribution in [0.2, 0.25) is 0 Å². The molecule has 24 heavy (non-hydrogen) atoms. The van der Waals surface area contributed by atoms with E-state index in [9.17, 15) is 9.59 Å². The third-order valence-corrected chi connectivity index (χ3v) is 5.65. The van der Waals surface area contributed by atoms with E-state index in [-0.39, 0.29) is 17.4 Å². The lowest BCUT2D eigenvalue weighted by molar-refractivity contribution is -0.149. The van der Waals surface area contributed by atoms with Gasteiger partial charge in [0.05, 0.1) is 18.3 Å². The second kappa shape index (κ2) is 7.05. The van der Waals surface area contributed by atoms with Gasteiger partial charge in [-0.05, 0) is 43.6 Å². The first-order chi connectivity index (χ1) is 11.5. The van der Waals surface area contributed by atoms with Gasteiger partial charge in [-0.25, -0.2) is 9.78 Å². The minimum absolute atomic E-state index is 0.104. The van der Waals surface area contributed by atoms with Crippen molar-refractivity contribution >= 4 is 27.5 Å². The molecule has 1 atom stereocenters. The summed E-state index contributed by atoms with van der Waals surface area (Å²) < 4.78 is 6.81. The smallest absolute Gasteiger partial charge is 0.329 e. The van der Waals surface area contributed by atoms with Crippen LogP contribution in [-0.2, 0) is 22.4 Å². The summed E-state index contributed by atoms with van der Waals surface area (Å²) in [5, 5.41) is 0.715. The van der Waals surface area contributed by atoms with Gasteiger partial charge in [-0.3, -0.25) is 9.36 Å². The highest BCUT2D eigenvalue weighted by Gasteiger charge is 2.25. The van der Waals surface area contributed by atoms with E-state index in [1.807, 2.05) is 20.8 Å². The summed E-state index contributed by atoms with van der Waals surface area (Å²) in [7, 11) is 0. The normalized spacial score (nSPS) is 15.5. The quantitative estimate of drug-likeness (QED) is 0.776. The van der Waals surface area contributed by atoms with Crippen molar-refractivity contribution in [2.75, 3.05) is 6.61 Å². The molecule has 0 spiro atoms. The van der Waals surface area contributed by atoms with E-state index in [1.54, 1.807) is 11.3 Å². The molecule has 2 aromatic heterocycles. The van der Waals surface area contributed by atoms with Crippen LogP contribution in [0.15, 0.2) is 11.1 Å². The van der Waals surface area contributed by atoms with E-state index in [0.29, 0.717) is 18.4 Å². The largest absolute Gasteiger partial charge is 0.464 e. The molecule has 0 radical (unpaired) electrons. The number of hydrogen-bond acceptors (Lipinski definition) is 5. The van der Waals surface area contributed by atoms with Gasteiger partial charge in [-0.15, -0.1) is 11.3 Å². The molecule has 6 heteroatoms. The lowest BCUT2D eigenvalue weighted by Gasteiger charge is -2.18. The summed E-state index contributed by atoms with van der Waals surface area (Å²) in [6.07, 6.45) is 6.27. The lowest BCUT2D eigenvalue weighted by atomic mass is 9.97. The summed E-state index contributed by atoms with van der Waals surface area (Å²) in [6.45, 7) is 6.24. The molecule has 1 unspecified atom stereocenters. The number of hydrogen-bond donors (Lipinski definition) is 0. The maximum Gasteiger partial charge on any atom is 0.329 e. The van der Waals surface area contributed by atoms with Crippen LogP contribution >= 0.6 is 11.3 Å². The summed E-state index contributed by atoms with van der Waals surface area (Å²) in [5.74, 6) is -0.0776. The standard InChI is InChI=1S/C18H24N2O3S/c1-4-13(18(22)23-9-11(2)3)20-10-19-16-15(17(20)21)12-7-5-6-8-14(12)24-16/h10-11,13H,4-9H2,1-3H3. The Morgan fingerprint density at radius 3 is 2.83 bits per heavy atom. The highest BCUT2D eigenvalue weighted by Crippen LogP contribution is 2.33. The number of fused-ring (bicyclic) bond motifs is 3. The molecule has 0 aromatic carbocycles. The zero-order valence-corrected chi connectivity index (χ0v) is 15.3. The van der Waals surface area contributed by atoms with Gasteiger partial charge in [0.1, 0.15) is 10.9 Å². The van der Waals surface area contributed by atoms with Gasteiger partial charge in [0.25, 0.3) is 5.56 Å². The highest BCUT2D eigenvalue weighted by atomic mass is 32.1. The Kier molecular flexibility index (Phi) is 5.04. The van der Waals surface area contributed by atoms with E-state index in [4.69, 9.17) is 4.74 Å². The molecule has 130 valence electrons. The number of ether oxygens (including phenoxy) is 1. The predicted octanol–water partition coefficient (Wildman–Crippen LogP) is 3.49. The van der Waals surface area contributed by atoms with Gasteiger partial charge >= 0.3 is 5.97 Å². The molecule has 0 saturated carbocycles. The van der Waals surface area contributed by atoms with Crippen LogP contribution in [0.1, 0.15) is 56.5 Å². The molecule has 2 aromatic rings. The minimum Gasteiger partial charge on any atom is -0.464 e. The number of nitrogens with zero attached hydrogens (tertiary/aromatic N) is 2. The van der Waals surface area contributed by atoms with Crippen LogP contribution in [0.4, 0.5) is 0 Å². The molecule has 0 amide bonds. The van der Waals surface area contributed by atoms with Crippen LogP contribution in [-0.4, -0.2) is 22.1 Å². The fourth-order valence-corrected chi connectivity index (χ4v) is 4.42. The predicted molar refractivity (Wildman–Crippen MR) is 95.6 cm³/mol. The van der Waals surface area contributed by atoms with E-state index < -0.39 is 6.04 Å². The fourth-order valence-electron chi connectivity index (χ4n) is 3.20. The first-order valence-electron chi connectivity index (χ1n) is 8.71. The van der Waals surface area contributed by atoms with E-state index >= 15 is 0 Å². The second-order valence-corrected chi connectivity index (χ2v) is 7.88. The topological polar surface area (TPSA) is 61.2 Å². The zero-order valence-electron chi connectivity index (χ0n) is 14.5. The van der Waals surface area contributed by atoms with E-state index in [0.717, 1.165) is 29.7 Å². The number of thiophene rings is 1. The number of aromatic nitrogens is 2. The summed E-state index contributed by atoms with van der Waals surface area (Å²) in [4.78, 5) is 32.0. The maximum absolute atomic E-state index is 13.0. The molecular formula is C18H24N2O3S. The second-order valence-electron chi connectivity index (χ2n) is 6.80. The van der Waals surface area contributed by atoms with Gasteiger partial charge < -0.3 is 4.74 Å². The average Bonchev–Trinajstić information content (AvgIpc) is 2.94. The van der Waals surface area contributed by atoms with Crippen molar-refractivity contribution in [3.63, 3.8) is 0 Å². The van der Waals surface area contributed by atoms with Crippen LogP contribution in [0.25, 0.3) is 10.2 Å². The van der Waals surface area contributed by atoms with Crippen molar-refractivity contribution in [2.45, 2.75) is 58.9 Å². The van der Waals surface area contributed by atoms with E-state index in [2.05, 4.69) is 4.98 Å². The van der Waals surface area contributed by atoms with Crippen LogP contribution < -0.4 is 5.56 Å². The van der Waals surface area contributed by atoms with Gasteiger partial charge in [-0.2, -0.15) is 0 Å². The Labute approximate surface area is 145 Å². The third-order valence-electron chi connectivity index (χ3n) is 4.45. The van der Waals surface area contributed by atoms with Gasteiger partial charge in [0.2, 0.25) is 0 Å². The van der Waals surface area contributed by atoms with E-state index in [1.165, 1.54) is 22.2 Å². The molecule has 0 bridgehead atoms. The Morgan fingerprint density at radius 2 is 2.12 bits per heavy atom. The Bertz CT molecular complexity index is 806. The first-order valence-corrected chi connectivity index (χ1v) is 9.52. The number of carbonyl (C=O) groups is 1. The highest BCUT2D eigenvalue weighted by molar-refractivity contribution is 7.18. The minimum atomic E-state index is -0.604. The van der Waals surface area contributed by atoms with Crippen molar-refractivity contribution in [3.05, 3.63) is 27.1 Å². The molecule has 0 N–H and O–H groups in total. The fraction of sp³-hybridized carbons (Fsp3) is 0.611. The number of rotatable bonds is 5. The summed E-state index contributed by atoms with van der Waals surface area (Å²) >= 11 is 1.62. The van der Waals surface area contributed by atoms with Crippen LogP contribution in [0, 0.1) is 5.92 Å². The van der Waals surface area contributed by atoms with Gasteiger partial charge in [0.15, 0.2) is 0 Å². The SMILES string of the molecule is CCC(C(=O)OCC(C)C)n1cnc2sc3c(c2c1=O)CCCC3. The van der Waals surface area contributed by atoms with Crippen LogP contribution in [0.3, 0.4) is 0 Å². The molecular weight excluding hydrogens is 324 g/mol. The number of esters is 1. The molecule has 0 saturated heterocycles. The average molecular weight is 348 g/mol. The van der Waals surface area contributed by atoms with Crippen molar-refractivity contribution in [1.29, 1.82) is 0 Å².